The quantitative estimate of drug-likeness (QED) is 0.864. The number of halogens is 3. The highest BCUT2D eigenvalue weighted by Gasteiger charge is 2.36. The van der Waals surface area contributed by atoms with E-state index < -0.39 is 11.7 Å². The van der Waals surface area contributed by atoms with Crippen LogP contribution in [-0.2, 0) is 6.18 Å². The lowest BCUT2D eigenvalue weighted by molar-refractivity contribution is -0.139. The van der Waals surface area contributed by atoms with E-state index in [1.165, 1.54) is 12.1 Å². The summed E-state index contributed by atoms with van der Waals surface area (Å²) in [5.74, 6) is 0.0901. The van der Waals surface area contributed by atoms with E-state index in [4.69, 9.17) is 4.74 Å². The molecular weight excluding hydrogens is 315 g/mol. The van der Waals surface area contributed by atoms with Crippen LogP contribution >= 0.6 is 0 Å². The molecule has 128 valence electrons. The van der Waals surface area contributed by atoms with Gasteiger partial charge in [0.2, 0.25) is 0 Å². The summed E-state index contributed by atoms with van der Waals surface area (Å²) in [5, 5.41) is 3.28. The third-order valence-electron chi connectivity index (χ3n) is 4.39. The van der Waals surface area contributed by atoms with Gasteiger partial charge in [-0.05, 0) is 43.6 Å². The SMILES string of the molecule is FC(F)(F)c1ccccc1OC(c1ccccc1)C1CCNCC1. The van der Waals surface area contributed by atoms with E-state index in [-0.39, 0.29) is 17.8 Å². The predicted octanol–water partition coefficient (Wildman–Crippen LogP) is 4.83. The summed E-state index contributed by atoms with van der Waals surface area (Å²) >= 11 is 0. The van der Waals surface area contributed by atoms with E-state index in [1.54, 1.807) is 6.07 Å². The molecule has 2 aromatic rings. The molecule has 0 saturated carbocycles. The number of piperidine rings is 1. The Morgan fingerprint density at radius 1 is 0.917 bits per heavy atom. The van der Waals surface area contributed by atoms with E-state index in [0.717, 1.165) is 37.6 Å². The molecule has 0 amide bonds. The highest BCUT2D eigenvalue weighted by atomic mass is 19.4. The smallest absolute Gasteiger partial charge is 0.419 e. The van der Waals surface area contributed by atoms with Gasteiger partial charge in [0, 0.05) is 5.92 Å². The minimum Gasteiger partial charge on any atom is -0.485 e. The van der Waals surface area contributed by atoms with Crippen molar-refractivity contribution in [2.75, 3.05) is 13.1 Å². The highest BCUT2D eigenvalue weighted by molar-refractivity contribution is 5.36. The van der Waals surface area contributed by atoms with Crippen molar-refractivity contribution in [1.29, 1.82) is 0 Å². The zero-order valence-corrected chi connectivity index (χ0v) is 13.2. The maximum atomic E-state index is 13.3. The lowest BCUT2D eigenvalue weighted by Crippen LogP contribution is -2.33. The molecule has 0 bridgehead atoms. The zero-order valence-electron chi connectivity index (χ0n) is 13.2. The lowest BCUT2D eigenvalue weighted by atomic mass is 9.88. The number of ether oxygens (including phenoxy) is 1. The maximum absolute atomic E-state index is 13.3. The number of hydrogen-bond donors (Lipinski definition) is 1. The van der Waals surface area contributed by atoms with Crippen LogP contribution < -0.4 is 10.1 Å². The molecule has 1 N–H and O–H groups in total. The Morgan fingerprint density at radius 3 is 2.21 bits per heavy atom. The summed E-state index contributed by atoms with van der Waals surface area (Å²) < 4.78 is 45.7. The van der Waals surface area contributed by atoms with E-state index in [9.17, 15) is 13.2 Å². The van der Waals surface area contributed by atoms with Crippen molar-refractivity contribution in [2.45, 2.75) is 25.1 Å². The number of para-hydroxylation sites is 1. The monoisotopic (exact) mass is 335 g/mol. The van der Waals surface area contributed by atoms with Gasteiger partial charge >= 0.3 is 6.18 Å². The van der Waals surface area contributed by atoms with E-state index in [0.29, 0.717) is 0 Å². The van der Waals surface area contributed by atoms with Crippen LogP contribution in [0.2, 0.25) is 0 Å². The number of nitrogens with one attached hydrogen (secondary N) is 1. The Bertz CT molecular complexity index is 651. The first kappa shape index (κ1) is 16.8. The standard InChI is InChI=1S/C19H20F3NO/c20-19(21,22)16-8-4-5-9-17(16)24-18(14-6-2-1-3-7-14)15-10-12-23-13-11-15/h1-9,15,18,23H,10-13H2. The Labute approximate surface area is 139 Å². The molecule has 0 aromatic heterocycles. The topological polar surface area (TPSA) is 21.3 Å². The van der Waals surface area contributed by atoms with Gasteiger partial charge in [-0.1, -0.05) is 42.5 Å². The van der Waals surface area contributed by atoms with Gasteiger partial charge < -0.3 is 10.1 Å². The number of hydrogen-bond acceptors (Lipinski definition) is 2. The molecule has 2 aromatic carbocycles. The third kappa shape index (κ3) is 3.90. The van der Waals surface area contributed by atoms with Crippen LogP contribution in [0, 0.1) is 5.92 Å². The molecule has 1 atom stereocenters. The summed E-state index contributed by atoms with van der Waals surface area (Å²) in [5.41, 5.74) is 0.196. The first-order chi connectivity index (χ1) is 11.6. The van der Waals surface area contributed by atoms with Gasteiger partial charge in [0.05, 0.1) is 5.56 Å². The van der Waals surface area contributed by atoms with Crippen LogP contribution in [0.5, 0.6) is 5.75 Å². The molecule has 1 fully saturated rings. The van der Waals surface area contributed by atoms with Gasteiger partial charge in [0.1, 0.15) is 11.9 Å². The largest absolute Gasteiger partial charge is 0.485 e. The average Bonchev–Trinajstić information content (AvgIpc) is 2.61. The first-order valence-electron chi connectivity index (χ1n) is 8.14. The summed E-state index contributed by atoms with van der Waals surface area (Å²) in [6, 6.07) is 15.0. The maximum Gasteiger partial charge on any atom is 0.419 e. The van der Waals surface area contributed by atoms with Crippen LogP contribution in [-0.4, -0.2) is 13.1 Å². The van der Waals surface area contributed by atoms with Crippen LogP contribution in [0.25, 0.3) is 0 Å². The molecular formula is C19H20F3NO. The van der Waals surface area contributed by atoms with Gasteiger partial charge in [-0.3, -0.25) is 0 Å². The summed E-state index contributed by atoms with van der Waals surface area (Å²) in [7, 11) is 0. The molecule has 1 saturated heterocycles. The molecule has 0 aliphatic carbocycles. The van der Waals surface area contributed by atoms with Crippen molar-refractivity contribution < 1.29 is 17.9 Å². The molecule has 24 heavy (non-hydrogen) atoms. The van der Waals surface area contributed by atoms with Gasteiger partial charge in [-0.2, -0.15) is 13.2 Å². The van der Waals surface area contributed by atoms with Crippen molar-refractivity contribution in [3.05, 3.63) is 65.7 Å². The predicted molar refractivity (Wildman–Crippen MR) is 86.8 cm³/mol. The van der Waals surface area contributed by atoms with Gasteiger partial charge in [0.15, 0.2) is 0 Å². The number of rotatable bonds is 4. The minimum absolute atomic E-state index is 0.0996. The molecule has 1 unspecified atom stereocenters. The molecule has 0 radical (unpaired) electrons. The number of benzene rings is 2. The number of alkyl halides is 3. The Kier molecular flexibility index (Phi) is 5.09. The van der Waals surface area contributed by atoms with Crippen LogP contribution in [0.4, 0.5) is 13.2 Å². The Hall–Kier alpha value is -2.01. The van der Waals surface area contributed by atoms with Gasteiger partial charge in [-0.25, -0.2) is 0 Å². The Balaban J connectivity index is 1.93. The zero-order chi connectivity index (χ0) is 17.0. The van der Waals surface area contributed by atoms with Crippen LogP contribution in [0.3, 0.4) is 0 Å². The van der Waals surface area contributed by atoms with Crippen molar-refractivity contribution in [3.8, 4) is 5.75 Å². The first-order valence-corrected chi connectivity index (χ1v) is 8.14. The average molecular weight is 335 g/mol. The second kappa shape index (κ2) is 7.26. The van der Waals surface area contributed by atoms with E-state index in [1.807, 2.05) is 30.3 Å². The lowest BCUT2D eigenvalue weighted by Gasteiger charge is -2.32. The van der Waals surface area contributed by atoms with Crippen molar-refractivity contribution in [2.24, 2.45) is 5.92 Å². The fraction of sp³-hybridized carbons (Fsp3) is 0.368. The third-order valence-corrected chi connectivity index (χ3v) is 4.39. The molecule has 2 nitrogen and oxygen atoms in total. The molecule has 1 heterocycles. The summed E-state index contributed by atoms with van der Waals surface area (Å²) in [6.07, 6.45) is -3.04. The Morgan fingerprint density at radius 2 is 1.54 bits per heavy atom. The molecule has 1 aliphatic rings. The fourth-order valence-corrected chi connectivity index (χ4v) is 3.17. The highest BCUT2D eigenvalue weighted by Crippen LogP contribution is 2.40. The normalized spacial score (nSPS) is 17.5. The van der Waals surface area contributed by atoms with Crippen molar-refractivity contribution in [3.63, 3.8) is 0 Å². The van der Waals surface area contributed by atoms with Gasteiger partial charge in [-0.15, -0.1) is 0 Å². The molecule has 1 aliphatic heterocycles. The minimum atomic E-state index is -4.42. The van der Waals surface area contributed by atoms with Crippen LogP contribution in [0.1, 0.15) is 30.1 Å². The van der Waals surface area contributed by atoms with E-state index >= 15 is 0 Å². The molecule has 5 heteroatoms. The second-order valence-electron chi connectivity index (χ2n) is 6.03. The molecule has 0 spiro atoms. The van der Waals surface area contributed by atoms with Gasteiger partial charge in [0.25, 0.3) is 0 Å². The van der Waals surface area contributed by atoms with Crippen LogP contribution in [0.15, 0.2) is 54.6 Å². The van der Waals surface area contributed by atoms with Crippen molar-refractivity contribution >= 4 is 0 Å². The summed E-state index contributed by atoms with van der Waals surface area (Å²) in [4.78, 5) is 0. The van der Waals surface area contributed by atoms with E-state index in [2.05, 4.69) is 5.32 Å². The second-order valence-corrected chi connectivity index (χ2v) is 6.03. The van der Waals surface area contributed by atoms with Crippen molar-refractivity contribution in [1.82, 2.24) is 5.32 Å². The fourth-order valence-electron chi connectivity index (χ4n) is 3.17. The summed E-state index contributed by atoms with van der Waals surface area (Å²) in [6.45, 7) is 1.72. The molecule has 3 rings (SSSR count).